The number of thiazole rings is 1. The van der Waals surface area contributed by atoms with E-state index >= 15 is 0 Å². The molecule has 0 bridgehead atoms. The first kappa shape index (κ1) is 19.6. The van der Waals surface area contributed by atoms with Crippen molar-refractivity contribution in [2.75, 3.05) is 23.3 Å². The summed E-state index contributed by atoms with van der Waals surface area (Å²) in [4.78, 5) is 19.3. The number of fused-ring (bicyclic) bond motifs is 1. The van der Waals surface area contributed by atoms with Crippen LogP contribution in [-0.2, 0) is 0 Å². The average molecular weight is 430 g/mol. The Balaban J connectivity index is 1.26. The zero-order valence-electron chi connectivity index (χ0n) is 17.1. The number of benzene rings is 2. The van der Waals surface area contributed by atoms with Crippen LogP contribution < -0.4 is 10.2 Å². The van der Waals surface area contributed by atoms with E-state index in [4.69, 9.17) is 0 Å². The number of aromatic nitrogens is 3. The van der Waals surface area contributed by atoms with Crippen LogP contribution in [0.15, 0.2) is 60.7 Å². The molecule has 1 fully saturated rings. The molecule has 1 saturated heterocycles. The number of nitrogens with one attached hydrogen (secondary N) is 1. The highest BCUT2D eigenvalue weighted by atomic mass is 32.1. The lowest BCUT2D eigenvalue weighted by Crippen LogP contribution is -2.25. The molecule has 6 nitrogen and oxygen atoms in total. The second kappa shape index (κ2) is 8.81. The van der Waals surface area contributed by atoms with Gasteiger partial charge in [-0.3, -0.25) is 4.79 Å². The van der Waals surface area contributed by atoms with E-state index in [1.54, 1.807) is 0 Å². The van der Waals surface area contributed by atoms with E-state index in [-0.39, 0.29) is 5.91 Å². The van der Waals surface area contributed by atoms with Gasteiger partial charge in [0.1, 0.15) is 0 Å². The minimum absolute atomic E-state index is 0.199. The molecule has 2 aromatic carbocycles. The van der Waals surface area contributed by atoms with Gasteiger partial charge in [-0.05, 0) is 49.2 Å². The largest absolute Gasteiger partial charge is 0.355 e. The lowest BCUT2D eigenvalue weighted by atomic mass is 10.1. The van der Waals surface area contributed by atoms with Gasteiger partial charge in [-0.1, -0.05) is 37.1 Å². The molecule has 1 amide bonds. The molecule has 3 heterocycles. The van der Waals surface area contributed by atoms with Gasteiger partial charge in [-0.25, -0.2) is 4.98 Å². The summed E-state index contributed by atoms with van der Waals surface area (Å²) in [5.41, 5.74) is 3.35. The molecular formula is C24H23N5OS. The van der Waals surface area contributed by atoms with Crippen molar-refractivity contribution >= 4 is 39.0 Å². The highest BCUT2D eigenvalue weighted by Crippen LogP contribution is 2.24. The molecule has 1 aliphatic rings. The van der Waals surface area contributed by atoms with Crippen molar-refractivity contribution in [2.45, 2.75) is 25.7 Å². The second-order valence-electron chi connectivity index (χ2n) is 7.70. The number of para-hydroxylation sites is 1. The Morgan fingerprint density at radius 2 is 1.65 bits per heavy atom. The highest BCUT2D eigenvalue weighted by Gasteiger charge is 2.14. The molecule has 1 aliphatic heterocycles. The molecular weight excluding hydrogens is 406 g/mol. The Kier molecular flexibility index (Phi) is 5.58. The van der Waals surface area contributed by atoms with Crippen molar-refractivity contribution in [3.05, 3.63) is 65.7 Å². The quantitative estimate of drug-likeness (QED) is 0.471. The summed E-state index contributed by atoms with van der Waals surface area (Å²) in [5, 5.41) is 12.3. The summed E-state index contributed by atoms with van der Waals surface area (Å²) in [5.74, 6) is 0.751. The number of hydrogen-bond donors (Lipinski definition) is 1. The fourth-order valence-electron chi connectivity index (χ4n) is 3.83. The lowest BCUT2D eigenvalue weighted by molar-refractivity contribution is 0.102. The fraction of sp³-hybridized carbons (Fsp3) is 0.250. The minimum atomic E-state index is -0.199. The normalized spacial score (nSPS) is 14.4. The van der Waals surface area contributed by atoms with Crippen molar-refractivity contribution < 1.29 is 4.79 Å². The second-order valence-corrected chi connectivity index (χ2v) is 8.73. The Bertz CT molecular complexity index is 1150. The van der Waals surface area contributed by atoms with Gasteiger partial charge < -0.3 is 10.2 Å². The Hall–Kier alpha value is -3.32. The molecule has 0 atom stereocenters. The van der Waals surface area contributed by atoms with Gasteiger partial charge in [0.15, 0.2) is 10.8 Å². The Labute approximate surface area is 185 Å². The molecule has 1 N–H and O–H groups in total. The SMILES string of the molecule is O=C(Nc1ccc(-c2ccc(N3CCCCCC3)nn2)cc1)c1nc2ccccc2s1. The minimum Gasteiger partial charge on any atom is -0.355 e. The van der Waals surface area contributed by atoms with Crippen LogP contribution in [0.25, 0.3) is 21.5 Å². The van der Waals surface area contributed by atoms with Crippen LogP contribution >= 0.6 is 11.3 Å². The van der Waals surface area contributed by atoms with Crippen molar-refractivity contribution in [2.24, 2.45) is 0 Å². The molecule has 2 aromatic heterocycles. The van der Waals surface area contributed by atoms with Gasteiger partial charge in [-0.2, -0.15) is 0 Å². The van der Waals surface area contributed by atoms with Gasteiger partial charge in [0.05, 0.1) is 15.9 Å². The smallest absolute Gasteiger partial charge is 0.284 e. The summed E-state index contributed by atoms with van der Waals surface area (Å²) < 4.78 is 1.00. The van der Waals surface area contributed by atoms with Crippen LogP contribution in [0.3, 0.4) is 0 Å². The van der Waals surface area contributed by atoms with E-state index in [0.29, 0.717) is 5.01 Å². The predicted molar refractivity (Wildman–Crippen MR) is 126 cm³/mol. The summed E-state index contributed by atoms with van der Waals surface area (Å²) in [7, 11) is 0. The monoisotopic (exact) mass is 429 g/mol. The van der Waals surface area contributed by atoms with E-state index in [2.05, 4.69) is 31.5 Å². The number of nitrogens with zero attached hydrogens (tertiary/aromatic N) is 4. The molecule has 0 saturated carbocycles. The highest BCUT2D eigenvalue weighted by molar-refractivity contribution is 7.20. The molecule has 31 heavy (non-hydrogen) atoms. The number of hydrogen-bond acceptors (Lipinski definition) is 6. The molecule has 4 aromatic rings. The van der Waals surface area contributed by atoms with Gasteiger partial charge in [0.25, 0.3) is 5.91 Å². The zero-order chi connectivity index (χ0) is 21.0. The van der Waals surface area contributed by atoms with E-state index < -0.39 is 0 Å². The van der Waals surface area contributed by atoms with Crippen molar-refractivity contribution in [3.8, 4) is 11.3 Å². The van der Waals surface area contributed by atoms with Gasteiger partial charge in [0.2, 0.25) is 0 Å². The van der Waals surface area contributed by atoms with Gasteiger partial charge in [0, 0.05) is 24.3 Å². The number of rotatable bonds is 4. The van der Waals surface area contributed by atoms with E-state index in [1.807, 2.05) is 54.6 Å². The number of carbonyl (C=O) groups excluding carboxylic acids is 1. The van der Waals surface area contributed by atoms with Crippen molar-refractivity contribution in [1.29, 1.82) is 0 Å². The van der Waals surface area contributed by atoms with E-state index in [0.717, 1.165) is 46.1 Å². The van der Waals surface area contributed by atoms with E-state index in [9.17, 15) is 4.79 Å². The topological polar surface area (TPSA) is 71.0 Å². The van der Waals surface area contributed by atoms with Crippen molar-refractivity contribution in [1.82, 2.24) is 15.2 Å². The molecule has 7 heteroatoms. The summed E-state index contributed by atoms with van der Waals surface area (Å²) in [6.07, 6.45) is 5.02. The summed E-state index contributed by atoms with van der Waals surface area (Å²) in [6, 6.07) is 19.5. The maximum absolute atomic E-state index is 12.6. The Morgan fingerprint density at radius 3 is 2.35 bits per heavy atom. The van der Waals surface area contributed by atoms with Gasteiger partial charge in [-0.15, -0.1) is 21.5 Å². The van der Waals surface area contributed by atoms with Crippen LogP contribution in [0.4, 0.5) is 11.5 Å². The van der Waals surface area contributed by atoms with E-state index in [1.165, 1.54) is 37.0 Å². The molecule has 0 aliphatic carbocycles. The third kappa shape index (κ3) is 4.41. The number of anilines is 2. The third-order valence-corrected chi connectivity index (χ3v) is 6.54. The summed E-state index contributed by atoms with van der Waals surface area (Å²) >= 11 is 1.39. The first-order valence-corrected chi connectivity index (χ1v) is 11.4. The molecule has 156 valence electrons. The maximum Gasteiger partial charge on any atom is 0.284 e. The molecule has 0 unspecified atom stereocenters. The first-order chi connectivity index (χ1) is 15.3. The summed E-state index contributed by atoms with van der Waals surface area (Å²) in [6.45, 7) is 2.11. The van der Waals surface area contributed by atoms with Crippen LogP contribution in [0.5, 0.6) is 0 Å². The average Bonchev–Trinajstić information content (AvgIpc) is 3.07. The number of carbonyl (C=O) groups is 1. The van der Waals surface area contributed by atoms with Crippen LogP contribution in [0, 0.1) is 0 Å². The maximum atomic E-state index is 12.6. The van der Waals surface area contributed by atoms with Crippen LogP contribution in [-0.4, -0.2) is 34.2 Å². The number of amides is 1. The molecule has 5 rings (SSSR count). The fourth-order valence-corrected chi connectivity index (χ4v) is 4.69. The van der Waals surface area contributed by atoms with Crippen molar-refractivity contribution in [3.63, 3.8) is 0 Å². The van der Waals surface area contributed by atoms with Gasteiger partial charge >= 0.3 is 0 Å². The lowest BCUT2D eigenvalue weighted by Gasteiger charge is -2.20. The predicted octanol–water partition coefficient (Wildman–Crippen LogP) is 5.39. The molecule has 0 radical (unpaired) electrons. The first-order valence-electron chi connectivity index (χ1n) is 10.6. The Morgan fingerprint density at radius 1 is 0.871 bits per heavy atom. The third-order valence-electron chi connectivity index (χ3n) is 5.51. The molecule has 0 spiro atoms. The van der Waals surface area contributed by atoms with Crippen LogP contribution in [0.1, 0.15) is 35.5 Å². The zero-order valence-corrected chi connectivity index (χ0v) is 17.9. The standard InChI is InChI=1S/C24H23N5OS/c30-23(24-26-20-7-3-4-8-21(20)31-24)25-18-11-9-17(10-12-18)19-13-14-22(28-27-19)29-15-5-1-2-6-16-29/h3-4,7-14H,1-2,5-6,15-16H2,(H,25,30). The van der Waals surface area contributed by atoms with Crippen LogP contribution in [0.2, 0.25) is 0 Å².